The summed E-state index contributed by atoms with van der Waals surface area (Å²) in [6.45, 7) is 1.78. The van der Waals surface area contributed by atoms with Gasteiger partial charge in [0.2, 0.25) is 5.91 Å². The number of rotatable bonds is 10. The number of hydrogen-bond donors (Lipinski definition) is 2. The van der Waals surface area contributed by atoms with Crippen molar-refractivity contribution >= 4 is 29.2 Å². The van der Waals surface area contributed by atoms with Crippen LogP contribution in [0.1, 0.15) is 39.2 Å². The van der Waals surface area contributed by atoms with E-state index in [1.807, 2.05) is 60.7 Å². The van der Waals surface area contributed by atoms with Crippen molar-refractivity contribution in [3.63, 3.8) is 0 Å². The molecular formula is C24H22ClN7O5. The van der Waals surface area contributed by atoms with E-state index in [-0.39, 0.29) is 42.3 Å². The van der Waals surface area contributed by atoms with E-state index in [1.54, 1.807) is 6.92 Å². The average Bonchev–Trinajstić information content (AvgIpc) is 3.48. The maximum atomic E-state index is 13.0. The third kappa shape index (κ3) is 5.98. The fraction of sp³-hybridized carbons (Fsp3) is 0.208. The van der Waals surface area contributed by atoms with Gasteiger partial charge in [0.25, 0.3) is 0 Å². The number of amides is 2. The lowest BCUT2D eigenvalue weighted by atomic mass is 9.90. The van der Waals surface area contributed by atoms with Crippen molar-refractivity contribution in [3.8, 4) is 0 Å². The van der Waals surface area contributed by atoms with Gasteiger partial charge in [0.05, 0.1) is 16.7 Å². The molecule has 0 atom stereocenters. The van der Waals surface area contributed by atoms with Crippen LogP contribution in [-0.4, -0.2) is 49.7 Å². The lowest BCUT2D eigenvalue weighted by Crippen LogP contribution is -2.37. The van der Waals surface area contributed by atoms with E-state index in [4.69, 9.17) is 16.1 Å². The highest BCUT2D eigenvalue weighted by molar-refractivity contribution is 6.33. The summed E-state index contributed by atoms with van der Waals surface area (Å²) in [5.41, 5.74) is 2.06. The van der Waals surface area contributed by atoms with Crippen molar-refractivity contribution in [1.29, 1.82) is 0 Å². The van der Waals surface area contributed by atoms with E-state index in [0.29, 0.717) is 5.69 Å². The number of nitrogens with zero attached hydrogens (tertiary/aromatic N) is 5. The highest BCUT2D eigenvalue weighted by atomic mass is 35.5. The maximum Gasteiger partial charge on any atom is 0.408 e. The van der Waals surface area contributed by atoms with Gasteiger partial charge in [-0.15, -0.1) is 0 Å². The molecule has 13 heteroatoms. The lowest BCUT2D eigenvalue weighted by molar-refractivity contribution is -0.389. The lowest BCUT2D eigenvalue weighted by Gasteiger charge is -2.18. The number of halogens is 1. The van der Waals surface area contributed by atoms with Crippen LogP contribution in [0.2, 0.25) is 5.02 Å². The summed E-state index contributed by atoms with van der Waals surface area (Å²) in [5, 5.41) is 23.9. The van der Waals surface area contributed by atoms with Crippen LogP contribution in [0.15, 0.2) is 65.2 Å². The Bertz CT molecular complexity index is 1370. The third-order valence-corrected chi connectivity index (χ3v) is 5.92. The molecular weight excluding hydrogens is 502 g/mol. The molecule has 0 aliphatic carbocycles. The SMILES string of the molecule is Cc1c(Cl)c([N+](=O)[O-])nn1Cc1noc(C(=O)NCCNC(=O)C(c2ccccc2)c2ccccc2)n1. The van der Waals surface area contributed by atoms with Gasteiger partial charge in [0.15, 0.2) is 10.8 Å². The first kappa shape index (κ1) is 25.5. The summed E-state index contributed by atoms with van der Waals surface area (Å²) < 4.78 is 6.24. The first-order valence-corrected chi connectivity index (χ1v) is 11.6. The molecule has 0 unspecified atom stereocenters. The van der Waals surface area contributed by atoms with Crippen molar-refractivity contribution in [1.82, 2.24) is 30.6 Å². The summed E-state index contributed by atoms with van der Waals surface area (Å²) in [6.07, 6.45) is 0. The Morgan fingerprint density at radius 1 is 1.05 bits per heavy atom. The molecule has 0 saturated carbocycles. The minimum atomic E-state index is -0.693. The number of hydrogen-bond acceptors (Lipinski definition) is 8. The topological polar surface area (TPSA) is 158 Å². The second-order valence-electron chi connectivity index (χ2n) is 7.95. The van der Waals surface area contributed by atoms with Gasteiger partial charge in [0.1, 0.15) is 6.54 Å². The summed E-state index contributed by atoms with van der Waals surface area (Å²) in [4.78, 5) is 39.7. The van der Waals surface area contributed by atoms with E-state index in [2.05, 4.69) is 25.9 Å². The Morgan fingerprint density at radius 2 is 1.65 bits per heavy atom. The maximum absolute atomic E-state index is 13.0. The number of aromatic nitrogens is 4. The van der Waals surface area contributed by atoms with E-state index < -0.39 is 22.6 Å². The van der Waals surface area contributed by atoms with Crippen molar-refractivity contribution in [2.45, 2.75) is 19.4 Å². The molecule has 12 nitrogen and oxygen atoms in total. The van der Waals surface area contributed by atoms with E-state index in [0.717, 1.165) is 11.1 Å². The van der Waals surface area contributed by atoms with E-state index >= 15 is 0 Å². The molecule has 4 rings (SSSR count). The Labute approximate surface area is 215 Å². The molecule has 2 aromatic carbocycles. The second-order valence-corrected chi connectivity index (χ2v) is 8.33. The average molecular weight is 524 g/mol. The molecule has 2 heterocycles. The van der Waals surface area contributed by atoms with Crippen LogP contribution >= 0.6 is 11.6 Å². The Balaban J connectivity index is 1.32. The summed E-state index contributed by atoms with van der Waals surface area (Å²) in [6, 6.07) is 18.8. The molecule has 190 valence electrons. The molecule has 37 heavy (non-hydrogen) atoms. The van der Waals surface area contributed by atoms with Gasteiger partial charge >= 0.3 is 17.6 Å². The fourth-order valence-corrected chi connectivity index (χ4v) is 3.85. The van der Waals surface area contributed by atoms with Crippen molar-refractivity contribution in [2.24, 2.45) is 0 Å². The van der Waals surface area contributed by atoms with Gasteiger partial charge in [-0.1, -0.05) is 77.4 Å². The molecule has 2 N–H and O–H groups in total. The Hall–Kier alpha value is -4.58. The summed E-state index contributed by atoms with van der Waals surface area (Å²) in [5.74, 6) is -2.01. The predicted octanol–water partition coefficient (Wildman–Crippen LogP) is 2.86. The van der Waals surface area contributed by atoms with Crippen LogP contribution in [0.4, 0.5) is 5.82 Å². The van der Waals surface area contributed by atoms with Crippen molar-refractivity contribution in [2.75, 3.05) is 13.1 Å². The number of carbonyl (C=O) groups is 2. The molecule has 0 saturated heterocycles. The fourth-order valence-electron chi connectivity index (χ4n) is 3.65. The van der Waals surface area contributed by atoms with Crippen LogP contribution < -0.4 is 10.6 Å². The predicted molar refractivity (Wildman–Crippen MR) is 132 cm³/mol. The van der Waals surface area contributed by atoms with Gasteiger partial charge in [-0.2, -0.15) is 9.67 Å². The van der Waals surface area contributed by atoms with E-state index in [9.17, 15) is 19.7 Å². The van der Waals surface area contributed by atoms with Gasteiger partial charge in [0, 0.05) is 13.1 Å². The van der Waals surface area contributed by atoms with Crippen LogP contribution in [0, 0.1) is 17.0 Å². The first-order chi connectivity index (χ1) is 17.8. The highest BCUT2D eigenvalue weighted by Crippen LogP contribution is 2.27. The largest absolute Gasteiger partial charge is 0.408 e. The quantitative estimate of drug-likeness (QED) is 0.182. The van der Waals surface area contributed by atoms with Crippen LogP contribution in [-0.2, 0) is 11.3 Å². The Kier molecular flexibility index (Phi) is 7.89. The molecule has 4 aromatic rings. The molecule has 2 aromatic heterocycles. The molecule has 0 aliphatic heterocycles. The van der Waals surface area contributed by atoms with E-state index in [1.165, 1.54) is 4.68 Å². The standard InChI is InChI=1S/C24H22ClN7O5/c1-15-20(25)21(32(35)36)29-31(15)14-18-28-24(37-30-18)23(34)27-13-12-26-22(33)19(16-8-4-2-5-9-16)17-10-6-3-7-11-17/h2-11,19H,12-14H2,1H3,(H,26,33)(H,27,34). The molecule has 0 radical (unpaired) electrons. The smallest absolute Gasteiger partial charge is 0.358 e. The zero-order chi connectivity index (χ0) is 26.4. The highest BCUT2D eigenvalue weighted by Gasteiger charge is 2.26. The van der Waals surface area contributed by atoms with Crippen LogP contribution in [0.5, 0.6) is 0 Å². The Morgan fingerprint density at radius 3 is 2.22 bits per heavy atom. The van der Waals surface area contributed by atoms with Gasteiger partial charge in [-0.3, -0.25) is 9.59 Å². The van der Waals surface area contributed by atoms with Crippen molar-refractivity contribution < 1.29 is 19.0 Å². The third-order valence-electron chi connectivity index (χ3n) is 5.48. The molecule has 0 fully saturated rings. The van der Waals surface area contributed by atoms with Crippen LogP contribution in [0.3, 0.4) is 0 Å². The summed E-state index contributed by atoms with van der Waals surface area (Å²) in [7, 11) is 0. The second kappa shape index (κ2) is 11.4. The number of nitro groups is 1. The molecule has 0 aliphatic rings. The van der Waals surface area contributed by atoms with Gasteiger partial charge in [-0.05, 0) is 23.0 Å². The first-order valence-electron chi connectivity index (χ1n) is 11.2. The monoisotopic (exact) mass is 523 g/mol. The molecule has 2 amide bonds. The van der Waals surface area contributed by atoms with Gasteiger partial charge in [-0.25, -0.2) is 0 Å². The zero-order valence-electron chi connectivity index (χ0n) is 19.6. The molecule has 0 bridgehead atoms. The number of carbonyl (C=O) groups excluding carboxylic acids is 2. The normalized spacial score (nSPS) is 10.9. The summed E-state index contributed by atoms with van der Waals surface area (Å²) >= 11 is 5.93. The molecule has 0 spiro atoms. The minimum Gasteiger partial charge on any atom is -0.358 e. The minimum absolute atomic E-state index is 0.0768. The van der Waals surface area contributed by atoms with Gasteiger partial charge < -0.3 is 25.3 Å². The number of nitrogens with one attached hydrogen (secondary N) is 2. The van der Waals surface area contributed by atoms with Crippen LogP contribution in [0.25, 0.3) is 0 Å². The number of benzene rings is 2. The van der Waals surface area contributed by atoms with Crippen molar-refractivity contribution in [3.05, 3.63) is 104 Å². The zero-order valence-corrected chi connectivity index (χ0v) is 20.4.